The SMILES string of the molecule is Cc1cc(-n2c3ccccc3c3cc4oc5ccccc5c4cc32)c2oc3ccccc3c2c1C1N=C(c2ccccc2)NC(c2ccccc2)=N1. The lowest BCUT2D eigenvalue weighted by atomic mass is 9.97. The largest absolute Gasteiger partial charge is 0.456 e. The average Bonchev–Trinajstić information content (AvgIpc) is 3.87. The van der Waals surface area contributed by atoms with E-state index in [9.17, 15) is 0 Å². The maximum atomic E-state index is 6.91. The maximum Gasteiger partial charge on any atom is 0.170 e. The number of rotatable bonds is 4. The van der Waals surface area contributed by atoms with Crippen molar-refractivity contribution in [2.24, 2.45) is 9.98 Å². The molecule has 0 unspecified atom stereocenters. The van der Waals surface area contributed by atoms with Crippen LogP contribution < -0.4 is 5.32 Å². The average molecular weight is 671 g/mol. The number of hydrogen-bond donors (Lipinski definition) is 1. The van der Waals surface area contributed by atoms with E-state index in [0.29, 0.717) is 0 Å². The van der Waals surface area contributed by atoms with Crippen molar-refractivity contribution in [3.63, 3.8) is 0 Å². The molecule has 7 aromatic carbocycles. The normalized spacial score (nSPS) is 13.8. The van der Waals surface area contributed by atoms with Crippen LogP contribution in [0.1, 0.15) is 28.4 Å². The molecule has 0 atom stereocenters. The van der Waals surface area contributed by atoms with Gasteiger partial charge in [-0.1, -0.05) is 115 Å². The van der Waals surface area contributed by atoms with E-state index in [1.165, 1.54) is 0 Å². The number of aliphatic imine (C=N–C) groups is 2. The van der Waals surface area contributed by atoms with E-state index >= 15 is 0 Å². The third-order valence-electron chi connectivity index (χ3n) is 10.4. The molecule has 0 saturated heterocycles. The van der Waals surface area contributed by atoms with Gasteiger partial charge in [0, 0.05) is 49.0 Å². The molecule has 246 valence electrons. The smallest absolute Gasteiger partial charge is 0.170 e. The Balaban J connectivity index is 1.23. The van der Waals surface area contributed by atoms with Crippen LogP contribution in [0.25, 0.3) is 71.4 Å². The fourth-order valence-corrected chi connectivity index (χ4v) is 8.05. The van der Waals surface area contributed by atoms with Gasteiger partial charge in [-0.2, -0.15) is 0 Å². The number of amidine groups is 2. The van der Waals surface area contributed by atoms with Gasteiger partial charge in [-0.3, -0.25) is 0 Å². The summed E-state index contributed by atoms with van der Waals surface area (Å²) in [5.41, 5.74) is 10.6. The molecule has 0 amide bonds. The van der Waals surface area contributed by atoms with Crippen LogP contribution >= 0.6 is 0 Å². The summed E-state index contributed by atoms with van der Waals surface area (Å²) in [4.78, 5) is 10.6. The fourth-order valence-electron chi connectivity index (χ4n) is 8.05. The van der Waals surface area contributed by atoms with Gasteiger partial charge < -0.3 is 18.7 Å². The van der Waals surface area contributed by atoms with Crippen molar-refractivity contribution in [3.05, 3.63) is 174 Å². The Morgan fingerprint density at radius 3 is 1.83 bits per heavy atom. The molecule has 0 aliphatic carbocycles. The number of nitrogens with one attached hydrogen (secondary N) is 1. The summed E-state index contributed by atoms with van der Waals surface area (Å²) < 4.78 is 15.6. The minimum absolute atomic E-state index is 0.515. The monoisotopic (exact) mass is 670 g/mol. The van der Waals surface area contributed by atoms with E-state index in [1.807, 2.05) is 60.7 Å². The Hall–Kier alpha value is -6.92. The van der Waals surface area contributed by atoms with E-state index in [-0.39, 0.29) is 0 Å². The molecule has 0 fully saturated rings. The Morgan fingerprint density at radius 2 is 1.12 bits per heavy atom. The minimum Gasteiger partial charge on any atom is -0.456 e. The van der Waals surface area contributed by atoms with Gasteiger partial charge in [0.2, 0.25) is 0 Å². The molecular weight excluding hydrogens is 641 g/mol. The highest BCUT2D eigenvalue weighted by Gasteiger charge is 2.28. The molecule has 3 aromatic heterocycles. The minimum atomic E-state index is -0.515. The van der Waals surface area contributed by atoms with E-state index in [0.717, 1.165) is 105 Å². The van der Waals surface area contributed by atoms with Crippen molar-refractivity contribution >= 4 is 77.4 Å². The number of nitrogens with zero attached hydrogens (tertiary/aromatic N) is 3. The second-order valence-corrected chi connectivity index (χ2v) is 13.4. The van der Waals surface area contributed by atoms with Gasteiger partial charge in [-0.05, 0) is 48.9 Å². The quantitative estimate of drug-likeness (QED) is 0.203. The topological polar surface area (TPSA) is 68.0 Å². The van der Waals surface area contributed by atoms with Crippen molar-refractivity contribution in [1.82, 2.24) is 9.88 Å². The summed E-state index contributed by atoms with van der Waals surface area (Å²) >= 11 is 0. The van der Waals surface area contributed by atoms with Crippen LogP contribution in [0.3, 0.4) is 0 Å². The van der Waals surface area contributed by atoms with Crippen LogP contribution in [0.2, 0.25) is 0 Å². The Labute approximate surface area is 297 Å². The first-order chi connectivity index (χ1) is 25.7. The predicted molar refractivity (Wildman–Crippen MR) is 212 cm³/mol. The van der Waals surface area contributed by atoms with Crippen molar-refractivity contribution in [1.29, 1.82) is 0 Å². The van der Waals surface area contributed by atoms with Crippen LogP contribution in [0.4, 0.5) is 0 Å². The first kappa shape index (κ1) is 28.9. The van der Waals surface area contributed by atoms with Gasteiger partial charge in [-0.25, -0.2) is 9.98 Å². The van der Waals surface area contributed by atoms with Crippen LogP contribution in [0, 0.1) is 6.92 Å². The number of fused-ring (bicyclic) bond motifs is 9. The van der Waals surface area contributed by atoms with Gasteiger partial charge in [0.25, 0.3) is 0 Å². The van der Waals surface area contributed by atoms with Crippen molar-refractivity contribution in [2.75, 3.05) is 0 Å². The number of aryl methyl sites for hydroxylation is 1. The van der Waals surface area contributed by atoms with Crippen LogP contribution in [0.5, 0.6) is 0 Å². The number of hydrogen-bond acceptors (Lipinski definition) is 5. The zero-order chi connectivity index (χ0) is 34.3. The molecule has 0 radical (unpaired) electrons. The number of aromatic nitrogens is 1. The number of furan rings is 2. The van der Waals surface area contributed by atoms with Crippen LogP contribution in [0.15, 0.2) is 170 Å². The van der Waals surface area contributed by atoms with E-state index in [2.05, 4.69) is 108 Å². The van der Waals surface area contributed by atoms with Crippen LogP contribution in [-0.2, 0) is 0 Å². The van der Waals surface area contributed by atoms with Crippen molar-refractivity contribution < 1.29 is 8.83 Å². The number of para-hydroxylation sites is 3. The van der Waals surface area contributed by atoms with E-state index < -0.39 is 6.17 Å². The summed E-state index contributed by atoms with van der Waals surface area (Å²) in [5.74, 6) is 1.56. The lowest BCUT2D eigenvalue weighted by Crippen LogP contribution is -2.36. The highest BCUT2D eigenvalue weighted by Crippen LogP contribution is 2.45. The van der Waals surface area contributed by atoms with Gasteiger partial charge in [0.05, 0.1) is 16.7 Å². The molecule has 52 heavy (non-hydrogen) atoms. The third kappa shape index (κ3) is 4.24. The molecule has 4 heterocycles. The van der Waals surface area contributed by atoms with E-state index in [4.69, 9.17) is 18.8 Å². The Bertz CT molecular complexity index is 3050. The van der Waals surface area contributed by atoms with E-state index in [1.54, 1.807) is 0 Å². The summed E-state index contributed by atoms with van der Waals surface area (Å²) in [5, 5.41) is 10.1. The summed E-state index contributed by atoms with van der Waals surface area (Å²) in [7, 11) is 0. The first-order valence-electron chi connectivity index (χ1n) is 17.5. The highest BCUT2D eigenvalue weighted by molar-refractivity contribution is 6.19. The Morgan fingerprint density at radius 1 is 0.519 bits per heavy atom. The standard InChI is InChI=1S/C46H30N4O2/c1-27-24-37(50-35-21-11-8-18-30(35)33-26-40-34(25-36(33)50)31-19-9-12-22-38(31)51-40)43-42(32-20-10-13-23-39(32)52-43)41(27)46-48-44(28-14-4-2-5-15-28)47-45(49-46)29-16-6-3-7-17-29/h2-26,46H,1H3,(H,47,48,49). The second-order valence-electron chi connectivity index (χ2n) is 13.4. The predicted octanol–water partition coefficient (Wildman–Crippen LogP) is 11.4. The molecular formula is C46H30N4O2. The lowest BCUT2D eigenvalue weighted by Gasteiger charge is -2.24. The second kappa shape index (κ2) is 11.0. The zero-order valence-electron chi connectivity index (χ0n) is 28.2. The van der Waals surface area contributed by atoms with Gasteiger partial charge >= 0.3 is 0 Å². The first-order valence-corrected chi connectivity index (χ1v) is 17.5. The molecule has 6 nitrogen and oxygen atoms in total. The summed E-state index contributed by atoms with van der Waals surface area (Å²) in [6.07, 6.45) is -0.515. The van der Waals surface area contributed by atoms with Gasteiger partial charge in [0.15, 0.2) is 11.7 Å². The molecule has 6 heteroatoms. The van der Waals surface area contributed by atoms with Crippen LogP contribution in [-0.4, -0.2) is 16.2 Å². The van der Waals surface area contributed by atoms with Gasteiger partial charge in [-0.15, -0.1) is 0 Å². The summed E-state index contributed by atoms with van der Waals surface area (Å²) in [6, 6.07) is 52.3. The maximum absolute atomic E-state index is 6.91. The summed E-state index contributed by atoms with van der Waals surface area (Å²) in [6.45, 7) is 2.17. The van der Waals surface area contributed by atoms with Crippen molar-refractivity contribution in [2.45, 2.75) is 13.1 Å². The third-order valence-corrected chi connectivity index (χ3v) is 10.4. The zero-order valence-corrected chi connectivity index (χ0v) is 28.2. The molecule has 1 aliphatic heterocycles. The Kier molecular flexibility index (Phi) is 6.13. The van der Waals surface area contributed by atoms with Gasteiger partial charge in [0.1, 0.15) is 28.4 Å². The molecule has 0 spiro atoms. The molecule has 0 bridgehead atoms. The molecule has 1 aliphatic rings. The number of benzene rings is 7. The fraction of sp³-hybridized carbons (Fsp3) is 0.0435. The molecule has 10 aromatic rings. The highest BCUT2D eigenvalue weighted by atomic mass is 16.3. The molecule has 1 N–H and O–H groups in total. The lowest BCUT2D eigenvalue weighted by molar-refractivity contribution is 0.664. The molecule has 0 saturated carbocycles. The molecule has 11 rings (SSSR count). The van der Waals surface area contributed by atoms with Crippen molar-refractivity contribution in [3.8, 4) is 5.69 Å².